The Labute approximate surface area is 205 Å². The van der Waals surface area contributed by atoms with Gasteiger partial charge in [-0.3, -0.25) is 4.57 Å². The molecule has 0 bridgehead atoms. The average molecular weight is 491 g/mol. The summed E-state index contributed by atoms with van der Waals surface area (Å²) in [5.74, 6) is 1.06. The number of hydrogen-bond acceptors (Lipinski definition) is 7. The first kappa shape index (κ1) is 24.6. The number of nitrogens with zero attached hydrogens (tertiary/aromatic N) is 4. The van der Waals surface area contributed by atoms with E-state index in [1.807, 2.05) is 35.0 Å². The van der Waals surface area contributed by atoms with E-state index >= 15 is 0 Å². The van der Waals surface area contributed by atoms with E-state index in [0.717, 1.165) is 11.0 Å². The smallest absolute Gasteiger partial charge is 0.226 e. The molecule has 9 heteroatoms. The average Bonchev–Trinajstić information content (AvgIpc) is 3.22. The zero-order valence-corrected chi connectivity index (χ0v) is 21.6. The highest BCUT2D eigenvalue weighted by atomic mass is 31.2. The second kappa shape index (κ2) is 10.4. The Morgan fingerprint density at radius 3 is 2.43 bits per heavy atom. The fourth-order valence-electron chi connectivity index (χ4n) is 3.74. The summed E-state index contributed by atoms with van der Waals surface area (Å²) in [4.78, 5) is 14.0. The number of imidazole rings is 1. The lowest BCUT2D eigenvalue weighted by molar-refractivity contribution is 0.210. The Kier molecular flexibility index (Phi) is 7.34. The molecule has 0 amide bonds. The van der Waals surface area contributed by atoms with E-state index in [1.54, 1.807) is 26.8 Å². The second-order valence-corrected chi connectivity index (χ2v) is 12.0. The molecule has 0 atom stereocenters. The number of anilines is 3. The summed E-state index contributed by atoms with van der Waals surface area (Å²) in [5.41, 5.74) is 5.73. The monoisotopic (exact) mass is 490 g/mol. The number of nitrogens with one attached hydrogen (secondary N) is 2. The van der Waals surface area contributed by atoms with E-state index in [4.69, 9.17) is 9.72 Å². The molecule has 2 aromatic heterocycles. The predicted octanol–water partition coefficient (Wildman–Crippen LogP) is 5.12. The summed E-state index contributed by atoms with van der Waals surface area (Å²) in [7, 11) is -0.665. The molecule has 4 aromatic rings. The molecule has 0 aliphatic heterocycles. The Balaban J connectivity index is 1.72. The van der Waals surface area contributed by atoms with E-state index in [2.05, 4.69) is 58.7 Å². The number of hydrogen-bond donors (Lipinski definition) is 2. The molecule has 2 heterocycles. The van der Waals surface area contributed by atoms with Crippen LogP contribution in [-0.2, 0) is 9.30 Å². The lowest BCUT2D eigenvalue weighted by atomic mass is 10.0. The number of rotatable bonds is 9. The molecule has 0 saturated carbocycles. The van der Waals surface area contributed by atoms with Gasteiger partial charge in [0, 0.05) is 30.8 Å². The highest BCUT2D eigenvalue weighted by Gasteiger charge is 2.15. The van der Waals surface area contributed by atoms with Gasteiger partial charge in [-0.15, -0.1) is 0 Å². The molecule has 0 fully saturated rings. The first-order chi connectivity index (χ1) is 16.8. The van der Waals surface area contributed by atoms with Crippen molar-refractivity contribution in [2.45, 2.75) is 13.8 Å². The van der Waals surface area contributed by atoms with Crippen molar-refractivity contribution in [3.8, 4) is 0 Å². The van der Waals surface area contributed by atoms with Crippen LogP contribution in [-0.4, -0.2) is 53.1 Å². The summed E-state index contributed by atoms with van der Waals surface area (Å²) in [6, 6.07) is 13.8. The van der Waals surface area contributed by atoms with Crippen molar-refractivity contribution >= 4 is 53.3 Å². The van der Waals surface area contributed by atoms with Crippen molar-refractivity contribution in [2.24, 2.45) is 0 Å². The molecule has 2 aromatic carbocycles. The normalized spacial score (nSPS) is 11.9. The Morgan fingerprint density at radius 2 is 1.77 bits per heavy atom. The third-order valence-electron chi connectivity index (χ3n) is 5.71. The Hall–Kier alpha value is -3.48. The van der Waals surface area contributed by atoms with E-state index in [1.165, 1.54) is 16.7 Å². The molecule has 0 unspecified atom stereocenters. The summed E-state index contributed by atoms with van der Waals surface area (Å²) in [6.07, 6.45) is 5.78. The quantitative estimate of drug-likeness (QED) is 0.248. The van der Waals surface area contributed by atoms with Crippen molar-refractivity contribution in [3.63, 3.8) is 0 Å². The van der Waals surface area contributed by atoms with Crippen molar-refractivity contribution < 1.29 is 9.30 Å². The number of aryl methyl sites for hydroxylation is 2. The topological polar surface area (TPSA) is 94.0 Å². The summed E-state index contributed by atoms with van der Waals surface area (Å²) >= 11 is 0. The van der Waals surface area contributed by atoms with Crippen LogP contribution in [0.5, 0.6) is 0 Å². The van der Waals surface area contributed by atoms with Gasteiger partial charge in [-0.2, -0.15) is 9.97 Å². The van der Waals surface area contributed by atoms with Gasteiger partial charge in [0.1, 0.15) is 13.5 Å². The minimum absolute atomic E-state index is 0.475. The maximum atomic E-state index is 12.4. The number of benzene rings is 2. The van der Waals surface area contributed by atoms with Gasteiger partial charge in [0.15, 0.2) is 17.0 Å². The molecule has 35 heavy (non-hydrogen) atoms. The van der Waals surface area contributed by atoms with Crippen LogP contribution in [0.3, 0.4) is 0 Å². The third kappa shape index (κ3) is 5.78. The van der Waals surface area contributed by atoms with Crippen LogP contribution < -0.4 is 15.9 Å². The van der Waals surface area contributed by atoms with Crippen LogP contribution in [0.1, 0.15) is 16.7 Å². The second-order valence-electron chi connectivity index (χ2n) is 8.78. The molecule has 0 aliphatic rings. The molecule has 0 saturated heterocycles. The SMILES string of the molecule is COCCNc1nc(Nc2ccc(P(C)(C)=O)cc2)c2ncn(/C=C/c3c(C)cccc3C)c2n1. The minimum atomic E-state index is -2.32. The van der Waals surface area contributed by atoms with Crippen LogP contribution >= 0.6 is 7.14 Å². The molecule has 0 spiro atoms. The molecule has 0 aliphatic carbocycles. The van der Waals surface area contributed by atoms with Crippen LogP contribution in [0.2, 0.25) is 0 Å². The lowest BCUT2D eigenvalue weighted by Crippen LogP contribution is -2.11. The van der Waals surface area contributed by atoms with Gasteiger partial charge in [-0.25, -0.2) is 4.98 Å². The van der Waals surface area contributed by atoms with Gasteiger partial charge in [-0.1, -0.05) is 18.2 Å². The summed E-state index contributed by atoms with van der Waals surface area (Å²) in [6.45, 7) is 8.83. The first-order valence-corrected chi connectivity index (χ1v) is 14.0. The Bertz CT molecular complexity index is 1390. The van der Waals surface area contributed by atoms with E-state index < -0.39 is 7.14 Å². The van der Waals surface area contributed by atoms with Gasteiger partial charge >= 0.3 is 0 Å². The highest BCUT2D eigenvalue weighted by Crippen LogP contribution is 2.35. The molecule has 8 nitrogen and oxygen atoms in total. The van der Waals surface area contributed by atoms with E-state index in [-0.39, 0.29) is 0 Å². The van der Waals surface area contributed by atoms with Crippen LogP contribution in [0.15, 0.2) is 48.8 Å². The van der Waals surface area contributed by atoms with Crippen molar-refractivity contribution in [1.82, 2.24) is 19.5 Å². The fourth-order valence-corrected chi connectivity index (χ4v) is 4.61. The third-order valence-corrected chi connectivity index (χ3v) is 7.25. The molecule has 0 radical (unpaired) electrons. The van der Waals surface area contributed by atoms with E-state index in [0.29, 0.717) is 36.1 Å². The van der Waals surface area contributed by atoms with Crippen LogP contribution in [0.4, 0.5) is 17.5 Å². The van der Waals surface area contributed by atoms with Crippen molar-refractivity contribution in [3.05, 3.63) is 65.5 Å². The van der Waals surface area contributed by atoms with Crippen molar-refractivity contribution in [2.75, 3.05) is 44.2 Å². The zero-order chi connectivity index (χ0) is 25.0. The number of methoxy groups -OCH3 is 1. The number of fused-ring (bicyclic) bond motifs is 1. The van der Waals surface area contributed by atoms with E-state index in [9.17, 15) is 4.57 Å². The van der Waals surface area contributed by atoms with Crippen molar-refractivity contribution in [1.29, 1.82) is 0 Å². The number of ether oxygens (including phenoxy) is 1. The van der Waals surface area contributed by atoms with Gasteiger partial charge < -0.3 is 19.9 Å². The molecule has 2 N–H and O–H groups in total. The largest absolute Gasteiger partial charge is 0.383 e. The van der Waals surface area contributed by atoms with Gasteiger partial charge in [-0.05, 0) is 74.2 Å². The maximum Gasteiger partial charge on any atom is 0.226 e. The standard InChI is InChI=1S/C26H31N6O2P/c1-18-7-6-8-19(2)22(18)13-15-32-17-28-23-24(30-26(31-25(23)32)27-14-16-34-3)29-20-9-11-21(12-10-20)35(4,5)33/h6-13,15,17H,14,16H2,1-5H3,(H2,27,29,30,31)/b15-13+. The maximum absolute atomic E-state index is 12.4. The summed E-state index contributed by atoms with van der Waals surface area (Å²) < 4.78 is 19.4. The molecular formula is C26H31N6O2P. The minimum Gasteiger partial charge on any atom is -0.383 e. The Morgan fingerprint density at radius 1 is 1.06 bits per heavy atom. The zero-order valence-electron chi connectivity index (χ0n) is 20.7. The molecule has 4 rings (SSSR count). The fraction of sp³-hybridized carbons (Fsp3) is 0.269. The highest BCUT2D eigenvalue weighted by molar-refractivity contribution is 7.70. The number of aromatic nitrogens is 4. The molecule has 182 valence electrons. The van der Waals surface area contributed by atoms with Gasteiger partial charge in [0.05, 0.1) is 6.61 Å². The van der Waals surface area contributed by atoms with Crippen LogP contribution in [0, 0.1) is 13.8 Å². The predicted molar refractivity (Wildman–Crippen MR) is 146 cm³/mol. The summed E-state index contributed by atoms with van der Waals surface area (Å²) in [5, 5.41) is 7.39. The van der Waals surface area contributed by atoms with Crippen LogP contribution in [0.25, 0.3) is 23.4 Å². The van der Waals surface area contributed by atoms with Gasteiger partial charge in [0.25, 0.3) is 0 Å². The van der Waals surface area contributed by atoms with Gasteiger partial charge in [0.2, 0.25) is 5.95 Å². The first-order valence-electron chi connectivity index (χ1n) is 11.4. The molecular weight excluding hydrogens is 459 g/mol. The lowest BCUT2D eigenvalue weighted by Gasteiger charge is -2.11.